The van der Waals surface area contributed by atoms with Crippen molar-refractivity contribution in [3.8, 4) is 0 Å². The molecule has 0 atom stereocenters. The second-order valence-electron chi connectivity index (χ2n) is 1.88. The molecule has 3 N–H and O–H groups in total. The molecule has 86 valence electrons. The van der Waals surface area contributed by atoms with E-state index in [2.05, 4.69) is 0 Å². The number of hydrogen-bond acceptors (Lipinski definition) is 2. The number of halogens is 4. The molecule has 0 fully saturated rings. The van der Waals surface area contributed by atoms with Gasteiger partial charge in [-0.2, -0.15) is 0 Å². The summed E-state index contributed by atoms with van der Waals surface area (Å²) in [4.78, 5) is 10.3. The van der Waals surface area contributed by atoms with Crippen LogP contribution in [-0.2, 0) is 16.7 Å². The van der Waals surface area contributed by atoms with Crippen LogP contribution in [0.1, 0.15) is 12.8 Å². The second-order valence-corrected chi connectivity index (χ2v) is 21.6. The summed E-state index contributed by atoms with van der Waals surface area (Å²) >= 11 is -3.06. The van der Waals surface area contributed by atoms with Crippen molar-refractivity contribution < 1.29 is 16.7 Å². The topological polar surface area (TPSA) is 66.9 Å². The quantitative estimate of drug-likeness (QED) is 0.713. The number of Topliss-reactive ketones (excluding diaryl/α,β-unsaturated/α-hetero) is 1. The Morgan fingerprint density at radius 1 is 1.31 bits per heavy atom. The predicted octanol–water partition coefficient (Wildman–Crippen LogP) is 3.10. The summed E-state index contributed by atoms with van der Waals surface area (Å²) in [5.74, 6) is -0.0181. The van der Waals surface area contributed by atoms with E-state index in [9.17, 15) is 4.79 Å². The molecule has 0 saturated heterocycles. The van der Waals surface area contributed by atoms with Crippen LogP contribution in [0, 0.1) is 0 Å². The van der Waals surface area contributed by atoms with Crippen LogP contribution >= 0.6 is 37.7 Å². The summed E-state index contributed by atoms with van der Waals surface area (Å²) in [7, 11) is 20.0. The van der Waals surface area contributed by atoms with Crippen LogP contribution in [0.2, 0.25) is 0 Å². The van der Waals surface area contributed by atoms with Gasteiger partial charge in [-0.05, 0) is 13.0 Å². The van der Waals surface area contributed by atoms with Gasteiger partial charge in [-0.3, -0.25) is 0 Å². The molecule has 0 spiro atoms. The maximum Gasteiger partial charge on any atom is 0.112 e. The van der Waals surface area contributed by atoms with E-state index in [0.717, 1.165) is 6.42 Å². The summed E-state index contributed by atoms with van der Waals surface area (Å²) in [6, 6.07) is 0. The minimum Gasteiger partial charge on any atom is -0.671 e. The Hall–Kier alpha value is 1.44. The third-order valence-corrected chi connectivity index (χ3v) is 0.857. The van der Waals surface area contributed by atoms with E-state index in [-0.39, 0.29) is 12.3 Å². The molecule has 0 aromatic rings. The van der Waals surface area contributed by atoms with E-state index in [1.54, 1.807) is 0 Å². The van der Waals surface area contributed by atoms with E-state index in [0.29, 0.717) is 13.0 Å². The van der Waals surface area contributed by atoms with E-state index < -0.39 is 11.9 Å². The predicted molar refractivity (Wildman–Crippen MR) is 55.9 cm³/mol. The summed E-state index contributed by atoms with van der Waals surface area (Å²) < 4.78 is 0. The number of hydrogen-bond donors (Lipinski definition) is 1. The van der Waals surface area contributed by atoms with Gasteiger partial charge in [0.15, 0.2) is 0 Å². The Morgan fingerprint density at radius 2 is 1.69 bits per heavy atom. The summed E-state index contributed by atoms with van der Waals surface area (Å²) in [6.45, 7) is 0.450. The molecule has 0 unspecified atom stereocenters. The van der Waals surface area contributed by atoms with Crippen LogP contribution in [0.3, 0.4) is 0 Å². The van der Waals surface area contributed by atoms with E-state index in [1.165, 1.54) is 0 Å². The smallest absolute Gasteiger partial charge is 0.112 e. The minimum atomic E-state index is -3.06. The van der Waals surface area contributed by atoms with Gasteiger partial charge in [0, 0.05) is 6.42 Å². The van der Waals surface area contributed by atoms with Gasteiger partial charge >= 0.3 is 49.6 Å². The molecule has 0 aromatic carbocycles. The first-order valence-electron chi connectivity index (χ1n) is 3.15. The molecule has 0 aliphatic heterocycles. The molecule has 0 aliphatic carbocycles. The summed E-state index contributed by atoms with van der Waals surface area (Å²) in [5, 5.41) is 0. The Kier molecular flexibility index (Phi) is 12.9. The first-order valence-corrected chi connectivity index (χ1v) is 14.4. The first-order chi connectivity index (χ1) is 5.81. The third kappa shape index (κ3) is 31.8. The maximum atomic E-state index is 10.3. The Morgan fingerprint density at radius 3 is 1.92 bits per heavy atom. The van der Waals surface area contributed by atoms with E-state index in [4.69, 9.17) is 49.1 Å². The van der Waals surface area contributed by atoms with Crippen molar-refractivity contribution >= 4 is 43.5 Å². The molecule has 13 heavy (non-hydrogen) atoms. The largest absolute Gasteiger partial charge is 0.671 e. The summed E-state index contributed by atoms with van der Waals surface area (Å²) in [6.07, 6.45) is 1.19. The maximum absolute atomic E-state index is 10.3. The number of nitrogens with one attached hydrogen (secondary N) is 1. The fraction of sp³-hybridized carbons (Fsp3) is 0.800. The van der Waals surface area contributed by atoms with E-state index >= 15 is 0 Å². The molecule has 3 nitrogen and oxygen atoms in total. The number of nitrogens with two attached hydrogens (primary N) is 1. The normalized spacial score (nSPS) is 11.5. The molecule has 0 bridgehead atoms. The third-order valence-electron chi connectivity index (χ3n) is 0.857. The van der Waals surface area contributed by atoms with Gasteiger partial charge in [-0.1, -0.05) is 6.54 Å². The fourth-order valence-corrected chi connectivity index (χ4v) is 0.388. The van der Waals surface area contributed by atoms with Gasteiger partial charge in [0.2, 0.25) is 0 Å². The molecule has 0 aromatic heterocycles. The first kappa shape index (κ1) is 16.9. The van der Waals surface area contributed by atoms with E-state index in [1.807, 2.05) is 0 Å². The zero-order valence-electron chi connectivity index (χ0n) is 6.64. The van der Waals surface area contributed by atoms with Crippen molar-refractivity contribution in [2.24, 2.45) is 5.73 Å². The zero-order valence-corrected chi connectivity index (χ0v) is 11.9. The van der Waals surface area contributed by atoms with Crippen LogP contribution in [0.4, 0.5) is 0 Å². The number of ketones is 1. The van der Waals surface area contributed by atoms with Crippen LogP contribution < -0.4 is 5.73 Å². The van der Waals surface area contributed by atoms with Crippen LogP contribution in [0.15, 0.2) is 0 Å². The van der Waals surface area contributed by atoms with Gasteiger partial charge in [0.1, 0.15) is 5.78 Å². The van der Waals surface area contributed by atoms with Crippen molar-refractivity contribution in [3.63, 3.8) is 0 Å². The van der Waals surface area contributed by atoms with Crippen molar-refractivity contribution in [2.75, 3.05) is 13.1 Å². The number of carbonyl (C=O) groups is 1. The molecule has 0 saturated carbocycles. The van der Waals surface area contributed by atoms with Crippen LogP contribution in [0.25, 0.3) is 5.73 Å². The van der Waals surface area contributed by atoms with Crippen molar-refractivity contribution in [1.29, 1.82) is 0 Å². The van der Waals surface area contributed by atoms with Gasteiger partial charge in [-0.25, -0.2) is 0 Å². The molecule has 0 amide bonds. The second kappa shape index (κ2) is 9.97. The molecular formula is C5H11Cl4N2OPt-. The minimum absolute atomic E-state index is 0.0181. The molecule has 0 heterocycles. The van der Waals surface area contributed by atoms with Crippen molar-refractivity contribution in [2.45, 2.75) is 12.8 Å². The molecular weight excluding hydrogens is 441 g/mol. The fourth-order valence-electron chi connectivity index (χ4n) is 0.388. The Bertz CT molecular complexity index is 135. The summed E-state index contributed by atoms with van der Waals surface area (Å²) in [5.41, 5.74) is 11.7. The van der Waals surface area contributed by atoms with Gasteiger partial charge in [-0.15, -0.1) is 0 Å². The van der Waals surface area contributed by atoms with Crippen LogP contribution in [-0.4, -0.2) is 18.9 Å². The monoisotopic (exact) mass is 450 g/mol. The zero-order chi connectivity index (χ0) is 10.9. The molecule has 0 radical (unpaired) electrons. The van der Waals surface area contributed by atoms with Gasteiger partial charge in [0.25, 0.3) is 0 Å². The molecule has 8 heteroatoms. The van der Waals surface area contributed by atoms with Gasteiger partial charge < -0.3 is 16.3 Å². The Balaban J connectivity index is 0. The average Bonchev–Trinajstić information content (AvgIpc) is 1.97. The van der Waals surface area contributed by atoms with Crippen molar-refractivity contribution in [1.82, 2.24) is 0 Å². The van der Waals surface area contributed by atoms with Crippen molar-refractivity contribution in [3.05, 3.63) is 5.73 Å². The molecule has 0 rings (SSSR count). The van der Waals surface area contributed by atoms with Gasteiger partial charge in [0.05, 0.1) is 0 Å². The number of carbonyl (C=O) groups excluding carboxylic acids is 1. The standard InChI is InChI=1S/C5H11N2O.4ClH.Pt/c6-3-1-2-5(8)4-7;;;;;/h7H,1-4,6H2;4*1H;/q-1;;;;;+4/p-4. The number of rotatable bonds is 4. The van der Waals surface area contributed by atoms with Crippen LogP contribution in [0.5, 0.6) is 0 Å². The SMILES string of the molecule is [Cl][Pt]([Cl])([Cl])[Cl].[NH-]CC(=O)CCCN. The Labute approximate surface area is 96.9 Å². The average molecular weight is 452 g/mol. The molecule has 0 aliphatic rings.